The summed E-state index contributed by atoms with van der Waals surface area (Å²) in [5.74, 6) is 0.746. The average Bonchev–Trinajstić information content (AvgIpc) is 2.35. The monoisotopic (exact) mass is 307 g/mol. The first kappa shape index (κ1) is 17.2. The van der Waals surface area contributed by atoms with Crippen LogP contribution in [-0.4, -0.2) is 52.0 Å². The van der Waals surface area contributed by atoms with Crippen LogP contribution in [-0.2, 0) is 19.0 Å². The van der Waals surface area contributed by atoms with Crippen LogP contribution in [0, 0.1) is 11.8 Å². The summed E-state index contributed by atoms with van der Waals surface area (Å²) in [5.41, 5.74) is 0. The van der Waals surface area contributed by atoms with E-state index in [4.69, 9.17) is 8.92 Å². The Balaban J connectivity index is 2.21. The number of carbonyl (C=O) groups is 1. The molecule has 0 aliphatic carbocycles. The van der Waals surface area contributed by atoms with E-state index in [-0.39, 0.29) is 12.7 Å². The summed E-state index contributed by atoms with van der Waals surface area (Å²) in [6.45, 7) is 6.01. The average molecular weight is 307 g/mol. The lowest BCUT2D eigenvalue weighted by atomic mass is 9.94. The van der Waals surface area contributed by atoms with Gasteiger partial charge in [-0.2, -0.15) is 8.42 Å². The van der Waals surface area contributed by atoms with Gasteiger partial charge >= 0.3 is 6.09 Å². The second-order valence-corrected chi connectivity index (χ2v) is 7.36. The number of ether oxygens (including phenoxy) is 1. The highest BCUT2D eigenvalue weighted by atomic mass is 32.2. The van der Waals surface area contributed by atoms with Gasteiger partial charge in [-0.25, -0.2) is 4.79 Å². The number of piperidine rings is 1. The van der Waals surface area contributed by atoms with Crippen molar-refractivity contribution in [2.75, 3.05) is 32.6 Å². The highest BCUT2D eigenvalue weighted by molar-refractivity contribution is 7.85. The predicted octanol–water partition coefficient (Wildman–Crippen LogP) is 1.86. The fourth-order valence-electron chi connectivity index (χ4n) is 2.10. The van der Waals surface area contributed by atoms with Crippen molar-refractivity contribution >= 4 is 16.2 Å². The molecule has 0 saturated carbocycles. The summed E-state index contributed by atoms with van der Waals surface area (Å²) in [5, 5.41) is 0. The largest absolute Gasteiger partial charge is 0.449 e. The number of amides is 1. The normalized spacial score (nSPS) is 17.5. The van der Waals surface area contributed by atoms with E-state index in [1.807, 2.05) is 13.8 Å². The summed E-state index contributed by atoms with van der Waals surface area (Å²) in [6, 6.07) is 0. The van der Waals surface area contributed by atoms with Crippen LogP contribution in [0.4, 0.5) is 4.79 Å². The molecule has 0 N–H and O–H groups in total. The van der Waals surface area contributed by atoms with Gasteiger partial charge in [-0.15, -0.1) is 0 Å². The molecule has 0 aromatic carbocycles. The summed E-state index contributed by atoms with van der Waals surface area (Å²) < 4.78 is 31.6. The van der Waals surface area contributed by atoms with E-state index in [9.17, 15) is 13.2 Å². The van der Waals surface area contributed by atoms with Crippen molar-refractivity contribution in [3.8, 4) is 0 Å². The molecular weight excluding hydrogens is 282 g/mol. The molecule has 1 aliphatic rings. The smallest absolute Gasteiger partial charge is 0.409 e. The van der Waals surface area contributed by atoms with Crippen molar-refractivity contribution in [1.29, 1.82) is 0 Å². The number of carbonyl (C=O) groups excluding carboxylic acids is 1. The zero-order valence-electron chi connectivity index (χ0n) is 12.5. The Hall–Kier alpha value is -0.820. The van der Waals surface area contributed by atoms with Crippen LogP contribution < -0.4 is 0 Å². The quantitative estimate of drug-likeness (QED) is 0.700. The van der Waals surface area contributed by atoms with Gasteiger partial charge in [0.15, 0.2) is 0 Å². The van der Waals surface area contributed by atoms with Crippen LogP contribution in [0.25, 0.3) is 0 Å². The molecule has 0 radical (unpaired) electrons. The van der Waals surface area contributed by atoms with Gasteiger partial charge < -0.3 is 9.64 Å². The topological polar surface area (TPSA) is 72.9 Å². The molecule has 118 valence electrons. The molecule has 0 bridgehead atoms. The Bertz CT molecular complexity index is 399. The maximum Gasteiger partial charge on any atom is 0.409 e. The standard InChI is InChI=1S/C13H25NO5S/c1-11(2)10-18-13(15)14-7-4-12(5-8-14)6-9-19-20(3,16)17/h11-12H,4-10H2,1-3H3. The predicted molar refractivity (Wildman–Crippen MR) is 75.9 cm³/mol. The zero-order valence-corrected chi connectivity index (χ0v) is 13.3. The first-order chi connectivity index (χ1) is 9.28. The number of rotatable bonds is 6. The van der Waals surface area contributed by atoms with E-state index in [0.717, 1.165) is 19.1 Å². The summed E-state index contributed by atoms with van der Waals surface area (Å²) >= 11 is 0. The SMILES string of the molecule is CC(C)COC(=O)N1CCC(CCOS(C)(=O)=O)CC1. The lowest BCUT2D eigenvalue weighted by Crippen LogP contribution is -2.39. The number of hydrogen-bond donors (Lipinski definition) is 0. The number of likely N-dealkylation sites (tertiary alicyclic amines) is 1. The van der Waals surface area contributed by atoms with Gasteiger partial charge in [-0.1, -0.05) is 13.8 Å². The maximum atomic E-state index is 11.8. The molecule has 20 heavy (non-hydrogen) atoms. The third kappa shape index (κ3) is 7.09. The fraction of sp³-hybridized carbons (Fsp3) is 0.923. The Morgan fingerprint density at radius 2 is 1.90 bits per heavy atom. The van der Waals surface area contributed by atoms with Crippen molar-refractivity contribution in [3.63, 3.8) is 0 Å². The molecule has 1 heterocycles. The molecule has 7 heteroatoms. The van der Waals surface area contributed by atoms with Gasteiger partial charge in [-0.3, -0.25) is 4.18 Å². The Labute approximate surface area is 121 Å². The van der Waals surface area contributed by atoms with Crippen molar-refractivity contribution < 1.29 is 22.1 Å². The molecular formula is C13H25NO5S. The second-order valence-electron chi connectivity index (χ2n) is 5.72. The minimum absolute atomic E-state index is 0.224. The third-order valence-electron chi connectivity index (χ3n) is 3.24. The van der Waals surface area contributed by atoms with Crippen LogP contribution >= 0.6 is 0 Å². The van der Waals surface area contributed by atoms with Crippen LogP contribution in [0.15, 0.2) is 0 Å². The van der Waals surface area contributed by atoms with Gasteiger partial charge in [-0.05, 0) is 31.1 Å². The lowest BCUT2D eigenvalue weighted by Gasteiger charge is -2.31. The first-order valence-electron chi connectivity index (χ1n) is 7.04. The molecule has 0 aromatic heterocycles. The summed E-state index contributed by atoms with van der Waals surface area (Å²) in [7, 11) is -3.35. The molecule has 1 fully saturated rings. The van der Waals surface area contributed by atoms with Crippen LogP contribution in [0.5, 0.6) is 0 Å². The molecule has 1 saturated heterocycles. The third-order valence-corrected chi connectivity index (χ3v) is 3.83. The summed E-state index contributed by atoms with van der Waals surface area (Å²) in [4.78, 5) is 13.5. The Kier molecular flexibility index (Phi) is 6.75. The number of hydrogen-bond acceptors (Lipinski definition) is 5. The van der Waals surface area contributed by atoms with Gasteiger partial charge in [0.25, 0.3) is 10.1 Å². The molecule has 6 nitrogen and oxygen atoms in total. The molecule has 1 rings (SSSR count). The van der Waals surface area contributed by atoms with Crippen molar-refractivity contribution in [2.45, 2.75) is 33.1 Å². The molecule has 1 amide bonds. The van der Waals surface area contributed by atoms with Gasteiger partial charge in [0.05, 0.1) is 19.5 Å². The van der Waals surface area contributed by atoms with E-state index in [1.54, 1.807) is 4.90 Å². The summed E-state index contributed by atoms with van der Waals surface area (Å²) in [6.07, 6.45) is 3.25. The van der Waals surface area contributed by atoms with Crippen molar-refractivity contribution in [1.82, 2.24) is 4.90 Å². The van der Waals surface area contributed by atoms with E-state index in [1.165, 1.54) is 0 Å². The van der Waals surface area contributed by atoms with E-state index in [0.29, 0.717) is 38.0 Å². The minimum Gasteiger partial charge on any atom is -0.449 e. The fourth-order valence-corrected chi connectivity index (χ4v) is 2.50. The number of nitrogens with zero attached hydrogens (tertiary/aromatic N) is 1. The molecule has 0 spiro atoms. The van der Waals surface area contributed by atoms with Gasteiger partial charge in [0.2, 0.25) is 0 Å². The Morgan fingerprint density at radius 3 is 2.40 bits per heavy atom. The zero-order chi connectivity index (χ0) is 15.2. The van der Waals surface area contributed by atoms with Gasteiger partial charge in [0.1, 0.15) is 0 Å². The van der Waals surface area contributed by atoms with E-state index >= 15 is 0 Å². The van der Waals surface area contributed by atoms with Gasteiger partial charge in [0, 0.05) is 13.1 Å². The highest BCUT2D eigenvalue weighted by Crippen LogP contribution is 2.21. The maximum absolute atomic E-state index is 11.8. The molecule has 0 aromatic rings. The molecule has 1 aliphatic heterocycles. The van der Waals surface area contributed by atoms with Crippen molar-refractivity contribution in [2.24, 2.45) is 11.8 Å². The minimum atomic E-state index is -3.35. The highest BCUT2D eigenvalue weighted by Gasteiger charge is 2.24. The first-order valence-corrected chi connectivity index (χ1v) is 8.85. The lowest BCUT2D eigenvalue weighted by molar-refractivity contribution is 0.0770. The second kappa shape index (κ2) is 7.83. The van der Waals surface area contributed by atoms with Crippen LogP contribution in [0.2, 0.25) is 0 Å². The molecule has 0 atom stereocenters. The van der Waals surface area contributed by atoms with E-state index < -0.39 is 10.1 Å². The Morgan fingerprint density at radius 1 is 1.30 bits per heavy atom. The molecule has 0 unspecified atom stereocenters. The van der Waals surface area contributed by atoms with E-state index in [2.05, 4.69) is 0 Å². The van der Waals surface area contributed by atoms with Crippen LogP contribution in [0.3, 0.4) is 0 Å². The van der Waals surface area contributed by atoms with Crippen molar-refractivity contribution in [3.05, 3.63) is 0 Å². The van der Waals surface area contributed by atoms with Crippen LogP contribution in [0.1, 0.15) is 33.1 Å².